The van der Waals surface area contributed by atoms with E-state index in [1.165, 1.54) is 29.5 Å². The molecule has 0 heterocycles. The molecule has 3 unspecified atom stereocenters. The molecule has 1 aliphatic rings. The summed E-state index contributed by atoms with van der Waals surface area (Å²) in [4.78, 5) is 11.7. The second-order valence-corrected chi connectivity index (χ2v) is 8.25. The molecule has 3 atom stereocenters. The van der Waals surface area contributed by atoms with Crippen molar-refractivity contribution in [3.8, 4) is 0 Å². The summed E-state index contributed by atoms with van der Waals surface area (Å²) < 4.78 is 19.0. The van der Waals surface area contributed by atoms with Crippen molar-refractivity contribution >= 4 is 16.7 Å². The molecule has 0 aromatic heterocycles. The van der Waals surface area contributed by atoms with Crippen LogP contribution in [0, 0.1) is 5.82 Å². The molecule has 3 aromatic carbocycles. The zero-order valence-corrected chi connectivity index (χ0v) is 17.5. The summed E-state index contributed by atoms with van der Waals surface area (Å²) in [7, 11) is 1.27. The molecule has 1 aliphatic carbocycles. The molecule has 156 valence electrons. The zero-order valence-electron chi connectivity index (χ0n) is 17.5. The Morgan fingerprint density at radius 3 is 2.70 bits per heavy atom. The number of fused-ring (bicyclic) bond motifs is 1. The minimum atomic E-state index is -0.633. The highest BCUT2D eigenvalue weighted by Gasteiger charge is 2.26. The second-order valence-electron chi connectivity index (χ2n) is 8.25. The van der Waals surface area contributed by atoms with E-state index in [4.69, 9.17) is 0 Å². The molecule has 0 bridgehead atoms. The molecule has 3 aromatic rings. The number of hydrogen-bond acceptors (Lipinski definition) is 3. The molecule has 1 fully saturated rings. The van der Waals surface area contributed by atoms with Gasteiger partial charge in [0.05, 0.1) is 12.7 Å². The lowest BCUT2D eigenvalue weighted by molar-refractivity contribution is 0.0595. The lowest BCUT2D eigenvalue weighted by atomic mass is 9.80. The smallest absolute Gasteiger partial charge is 0.340 e. The van der Waals surface area contributed by atoms with E-state index in [-0.39, 0.29) is 17.5 Å². The van der Waals surface area contributed by atoms with Gasteiger partial charge >= 0.3 is 5.97 Å². The predicted molar refractivity (Wildman–Crippen MR) is 118 cm³/mol. The predicted octanol–water partition coefficient (Wildman–Crippen LogP) is 6.14. The molecule has 1 N–H and O–H groups in total. The van der Waals surface area contributed by atoms with E-state index in [9.17, 15) is 9.18 Å². The zero-order chi connectivity index (χ0) is 21.1. The normalized spacial score (nSPS) is 20.1. The molecule has 0 aliphatic heterocycles. The Kier molecular flexibility index (Phi) is 6.14. The van der Waals surface area contributed by atoms with Gasteiger partial charge in [0.25, 0.3) is 0 Å². The Bertz CT molecular complexity index is 1040. The lowest BCUT2D eigenvalue weighted by Gasteiger charge is -2.32. The lowest BCUT2D eigenvalue weighted by Crippen LogP contribution is -2.35. The maximum Gasteiger partial charge on any atom is 0.340 e. The van der Waals surface area contributed by atoms with Crippen LogP contribution >= 0.6 is 0 Å². The molecule has 1 saturated carbocycles. The minimum absolute atomic E-state index is 0.00341. The Morgan fingerprint density at radius 1 is 1.10 bits per heavy atom. The highest BCUT2D eigenvalue weighted by molar-refractivity contribution is 5.89. The van der Waals surface area contributed by atoms with E-state index >= 15 is 0 Å². The first-order valence-electron chi connectivity index (χ1n) is 10.7. The third-order valence-electron chi connectivity index (χ3n) is 6.32. The topological polar surface area (TPSA) is 38.3 Å². The van der Waals surface area contributed by atoms with Crippen molar-refractivity contribution in [3.05, 3.63) is 83.2 Å². The quantitative estimate of drug-likeness (QED) is 0.518. The van der Waals surface area contributed by atoms with Crippen LogP contribution < -0.4 is 5.32 Å². The number of rotatable bonds is 5. The number of benzene rings is 3. The fourth-order valence-electron chi connectivity index (χ4n) is 4.78. The number of methoxy groups -OCH3 is 1. The van der Waals surface area contributed by atoms with Crippen LogP contribution in [0.3, 0.4) is 0 Å². The van der Waals surface area contributed by atoms with Crippen LogP contribution in [0.2, 0.25) is 0 Å². The van der Waals surface area contributed by atoms with Crippen molar-refractivity contribution < 1.29 is 13.9 Å². The number of halogens is 1. The fraction of sp³-hybridized carbons (Fsp3) is 0.346. The van der Waals surface area contributed by atoms with Crippen LogP contribution in [0.1, 0.15) is 66.1 Å². The van der Waals surface area contributed by atoms with Crippen LogP contribution in [0.15, 0.2) is 60.7 Å². The van der Waals surface area contributed by atoms with E-state index in [1.54, 1.807) is 6.07 Å². The number of carbonyl (C=O) groups is 1. The molecule has 0 saturated heterocycles. The first-order valence-corrected chi connectivity index (χ1v) is 10.7. The van der Waals surface area contributed by atoms with Crippen LogP contribution in [0.25, 0.3) is 10.8 Å². The first kappa shape index (κ1) is 20.5. The Balaban J connectivity index is 1.48. The van der Waals surface area contributed by atoms with Crippen LogP contribution in [0.5, 0.6) is 0 Å². The van der Waals surface area contributed by atoms with Crippen LogP contribution in [-0.4, -0.2) is 19.1 Å². The third kappa shape index (κ3) is 4.24. The highest BCUT2D eigenvalue weighted by atomic mass is 19.1. The molecular weight excluding hydrogens is 377 g/mol. The van der Waals surface area contributed by atoms with Gasteiger partial charge in [-0.3, -0.25) is 0 Å². The monoisotopic (exact) mass is 405 g/mol. The van der Waals surface area contributed by atoms with Crippen molar-refractivity contribution in [2.75, 3.05) is 7.11 Å². The van der Waals surface area contributed by atoms with Gasteiger partial charge in [-0.15, -0.1) is 0 Å². The summed E-state index contributed by atoms with van der Waals surface area (Å²) >= 11 is 0. The van der Waals surface area contributed by atoms with Crippen molar-refractivity contribution in [1.29, 1.82) is 0 Å². The number of carbonyl (C=O) groups excluding carboxylic acids is 1. The largest absolute Gasteiger partial charge is 0.465 e. The molecule has 4 rings (SSSR count). The van der Waals surface area contributed by atoms with Gasteiger partial charge in [0.15, 0.2) is 0 Å². The summed E-state index contributed by atoms with van der Waals surface area (Å²) in [6, 6.07) is 20.5. The summed E-state index contributed by atoms with van der Waals surface area (Å²) in [5.41, 5.74) is 2.27. The second kappa shape index (κ2) is 8.97. The van der Waals surface area contributed by atoms with Crippen LogP contribution in [0.4, 0.5) is 4.39 Å². The molecular formula is C26H28FNO2. The summed E-state index contributed by atoms with van der Waals surface area (Å²) in [6.07, 6.45) is 4.23. The highest BCUT2D eigenvalue weighted by Crippen LogP contribution is 2.35. The third-order valence-corrected chi connectivity index (χ3v) is 6.32. The molecule has 0 spiro atoms. The van der Waals surface area contributed by atoms with E-state index in [2.05, 4.69) is 59.4 Å². The van der Waals surface area contributed by atoms with Gasteiger partial charge in [-0.2, -0.15) is 0 Å². The molecule has 30 heavy (non-hydrogen) atoms. The number of nitrogens with one attached hydrogen (secondary N) is 1. The van der Waals surface area contributed by atoms with Gasteiger partial charge in [0.1, 0.15) is 5.82 Å². The Morgan fingerprint density at radius 2 is 1.90 bits per heavy atom. The van der Waals surface area contributed by atoms with Crippen molar-refractivity contribution in [1.82, 2.24) is 5.32 Å². The molecule has 0 amide bonds. The van der Waals surface area contributed by atoms with E-state index < -0.39 is 11.8 Å². The summed E-state index contributed by atoms with van der Waals surface area (Å²) in [5, 5.41) is 6.35. The van der Waals surface area contributed by atoms with E-state index in [0.717, 1.165) is 31.2 Å². The summed E-state index contributed by atoms with van der Waals surface area (Å²) in [5.74, 6) is -0.845. The van der Waals surface area contributed by atoms with Crippen molar-refractivity contribution in [3.63, 3.8) is 0 Å². The SMILES string of the molecule is COC(=O)c1ccc(C2CCCC(NC(C)c3cccc4ccccc34)C2)cc1F. The Labute approximate surface area is 177 Å². The number of esters is 1. The molecule has 3 nitrogen and oxygen atoms in total. The van der Waals surface area contributed by atoms with Crippen molar-refractivity contribution in [2.45, 2.75) is 50.6 Å². The molecule has 0 radical (unpaired) electrons. The van der Waals surface area contributed by atoms with E-state index in [1.807, 2.05) is 6.07 Å². The van der Waals surface area contributed by atoms with E-state index in [0.29, 0.717) is 6.04 Å². The van der Waals surface area contributed by atoms with Gasteiger partial charge < -0.3 is 10.1 Å². The minimum Gasteiger partial charge on any atom is -0.465 e. The number of ether oxygens (including phenoxy) is 1. The average molecular weight is 406 g/mol. The van der Waals surface area contributed by atoms with Gasteiger partial charge in [-0.1, -0.05) is 55.0 Å². The van der Waals surface area contributed by atoms with Gasteiger partial charge in [-0.05, 0) is 66.1 Å². The number of hydrogen-bond donors (Lipinski definition) is 1. The van der Waals surface area contributed by atoms with Gasteiger partial charge in [0, 0.05) is 12.1 Å². The Hall–Kier alpha value is -2.72. The standard InChI is InChI=1S/C26H28FNO2/c1-17(22-12-6-8-18-7-3-4-11-23(18)22)28-21-10-5-9-19(15-21)20-13-14-24(25(27)16-20)26(29)30-2/h3-4,6-8,11-14,16-17,19,21,28H,5,9-10,15H2,1-2H3. The van der Waals surface area contributed by atoms with Gasteiger partial charge in [0.2, 0.25) is 0 Å². The first-order chi connectivity index (χ1) is 14.6. The fourth-order valence-corrected chi connectivity index (χ4v) is 4.78. The van der Waals surface area contributed by atoms with Crippen molar-refractivity contribution in [2.24, 2.45) is 0 Å². The maximum atomic E-state index is 14.4. The maximum absolute atomic E-state index is 14.4. The van der Waals surface area contributed by atoms with Gasteiger partial charge in [-0.25, -0.2) is 9.18 Å². The summed E-state index contributed by atoms with van der Waals surface area (Å²) in [6.45, 7) is 2.22. The van der Waals surface area contributed by atoms with Crippen LogP contribution in [-0.2, 0) is 4.74 Å². The molecule has 4 heteroatoms. The average Bonchev–Trinajstić information content (AvgIpc) is 2.78.